The van der Waals surface area contributed by atoms with Gasteiger partial charge in [-0.1, -0.05) is 0 Å². The number of carboxylic acids is 1. The number of carbonyl (C=O) groups is 2. The minimum Gasteiger partial charge on any atom is -0.478 e. The van der Waals surface area contributed by atoms with Crippen molar-refractivity contribution in [2.75, 3.05) is 6.54 Å². The summed E-state index contributed by atoms with van der Waals surface area (Å²) in [6, 6.07) is -0.170. The number of rotatable bonds is 3. The van der Waals surface area contributed by atoms with Crippen LogP contribution in [-0.4, -0.2) is 38.6 Å². The van der Waals surface area contributed by atoms with Gasteiger partial charge in [0, 0.05) is 12.5 Å². The molecule has 1 saturated heterocycles. The molecule has 0 radical (unpaired) electrons. The van der Waals surface area contributed by atoms with E-state index in [1.807, 2.05) is 4.90 Å². The van der Waals surface area contributed by atoms with Crippen molar-refractivity contribution in [3.05, 3.63) is 17.5 Å². The molecule has 0 aromatic carbocycles. The predicted octanol–water partition coefficient (Wildman–Crippen LogP) is 3.13. The Morgan fingerprint density at radius 3 is 2.58 bits per heavy atom. The minimum atomic E-state index is -0.981. The van der Waals surface area contributed by atoms with E-state index >= 15 is 0 Å². The maximum Gasteiger partial charge on any atom is 0.339 e. The van der Waals surface area contributed by atoms with Gasteiger partial charge in [-0.15, -0.1) is 0 Å². The minimum absolute atomic E-state index is 0.119. The molecule has 6 nitrogen and oxygen atoms in total. The van der Waals surface area contributed by atoms with Crippen molar-refractivity contribution < 1.29 is 14.7 Å². The molecule has 6 heteroatoms. The van der Waals surface area contributed by atoms with Gasteiger partial charge in [-0.25, -0.2) is 4.79 Å². The molecule has 1 unspecified atom stereocenters. The Balaban J connectivity index is 1.52. The van der Waals surface area contributed by atoms with E-state index in [1.54, 1.807) is 0 Å². The number of amides is 1. The van der Waals surface area contributed by atoms with Crippen LogP contribution in [0.5, 0.6) is 0 Å². The van der Waals surface area contributed by atoms with Crippen molar-refractivity contribution in [2.24, 2.45) is 11.3 Å². The monoisotopic (exact) mass is 331 g/mol. The van der Waals surface area contributed by atoms with Crippen molar-refractivity contribution in [2.45, 2.75) is 63.8 Å². The van der Waals surface area contributed by atoms with Gasteiger partial charge in [0.25, 0.3) is 0 Å². The van der Waals surface area contributed by atoms with E-state index in [-0.39, 0.29) is 23.4 Å². The van der Waals surface area contributed by atoms with Crippen molar-refractivity contribution in [1.29, 1.82) is 0 Å². The lowest BCUT2D eigenvalue weighted by Gasteiger charge is -2.39. The molecular weight excluding hydrogens is 306 g/mol. The first-order chi connectivity index (χ1) is 11.6. The van der Waals surface area contributed by atoms with Crippen LogP contribution in [0.3, 0.4) is 0 Å². The van der Waals surface area contributed by atoms with E-state index in [4.69, 9.17) is 0 Å². The van der Waals surface area contributed by atoms with Crippen molar-refractivity contribution in [3.63, 3.8) is 0 Å². The Labute approximate surface area is 141 Å². The maximum atomic E-state index is 13.1. The van der Waals surface area contributed by atoms with Gasteiger partial charge in [0.1, 0.15) is 5.56 Å². The number of hydrogen-bond acceptors (Lipinski definition) is 3. The average molecular weight is 331 g/mol. The first-order valence-corrected chi connectivity index (χ1v) is 9.17. The molecule has 3 fully saturated rings. The summed E-state index contributed by atoms with van der Waals surface area (Å²) < 4.78 is 0. The zero-order chi connectivity index (χ0) is 16.7. The van der Waals surface area contributed by atoms with Gasteiger partial charge in [-0.3, -0.25) is 9.89 Å². The van der Waals surface area contributed by atoms with Crippen LogP contribution in [0.2, 0.25) is 0 Å². The SMILES string of the molecule is O=C(O)c1cn[nH]c1C1CCCCN1C(=O)C1CCC2(CC1)CC2. The summed E-state index contributed by atoms with van der Waals surface area (Å²) >= 11 is 0. The number of piperidine rings is 1. The summed E-state index contributed by atoms with van der Waals surface area (Å²) in [7, 11) is 0. The van der Waals surface area contributed by atoms with E-state index in [9.17, 15) is 14.7 Å². The molecule has 0 bridgehead atoms. The van der Waals surface area contributed by atoms with Crippen molar-refractivity contribution >= 4 is 11.9 Å². The fourth-order valence-electron chi connectivity index (χ4n) is 4.60. The zero-order valence-corrected chi connectivity index (χ0v) is 14.0. The highest BCUT2D eigenvalue weighted by atomic mass is 16.4. The number of likely N-dealkylation sites (tertiary alicyclic amines) is 1. The smallest absolute Gasteiger partial charge is 0.339 e. The van der Waals surface area contributed by atoms with Crippen molar-refractivity contribution in [1.82, 2.24) is 15.1 Å². The molecule has 2 heterocycles. The van der Waals surface area contributed by atoms with E-state index in [0.717, 1.165) is 38.6 Å². The average Bonchev–Trinajstić information content (AvgIpc) is 3.16. The summed E-state index contributed by atoms with van der Waals surface area (Å²) in [5.74, 6) is -0.640. The summed E-state index contributed by atoms with van der Waals surface area (Å²) in [5.41, 5.74) is 1.36. The summed E-state index contributed by atoms with van der Waals surface area (Å²) in [5, 5.41) is 16.1. The predicted molar refractivity (Wildman–Crippen MR) is 87.5 cm³/mol. The quantitative estimate of drug-likeness (QED) is 0.891. The molecule has 1 aromatic heterocycles. The maximum absolute atomic E-state index is 13.1. The number of nitrogens with zero attached hydrogens (tertiary/aromatic N) is 2. The molecule has 2 N–H and O–H groups in total. The highest BCUT2D eigenvalue weighted by Crippen LogP contribution is 2.57. The third kappa shape index (κ3) is 2.72. The Bertz CT molecular complexity index is 640. The second kappa shape index (κ2) is 5.90. The lowest BCUT2D eigenvalue weighted by Crippen LogP contribution is -2.43. The Morgan fingerprint density at radius 1 is 1.17 bits per heavy atom. The molecule has 4 rings (SSSR count). The summed E-state index contributed by atoms with van der Waals surface area (Å²) in [4.78, 5) is 26.5. The Hall–Kier alpha value is -1.85. The van der Waals surface area contributed by atoms with Crippen LogP contribution in [0.15, 0.2) is 6.20 Å². The van der Waals surface area contributed by atoms with E-state index in [1.165, 1.54) is 31.9 Å². The topological polar surface area (TPSA) is 86.3 Å². The standard InChI is InChI=1S/C18H25N3O3/c22-16(12-4-6-18(7-5-12)8-9-18)21-10-2-1-3-14(21)15-13(17(23)24)11-19-20-15/h11-12,14H,1-10H2,(H,19,20)(H,23,24). The number of aromatic carboxylic acids is 1. The van der Waals surface area contributed by atoms with Crippen molar-refractivity contribution in [3.8, 4) is 0 Å². The molecule has 2 aliphatic carbocycles. The van der Waals surface area contributed by atoms with E-state index in [2.05, 4.69) is 10.2 Å². The van der Waals surface area contributed by atoms with E-state index in [0.29, 0.717) is 11.1 Å². The van der Waals surface area contributed by atoms with Gasteiger partial charge in [0.2, 0.25) is 5.91 Å². The van der Waals surface area contributed by atoms with Gasteiger partial charge in [-0.2, -0.15) is 5.10 Å². The molecule has 1 aliphatic heterocycles. The lowest BCUT2D eigenvalue weighted by atomic mass is 9.78. The number of carbonyl (C=O) groups excluding carboxylic acids is 1. The summed E-state index contributed by atoms with van der Waals surface area (Å²) in [6.45, 7) is 0.725. The first-order valence-electron chi connectivity index (χ1n) is 9.17. The first kappa shape index (κ1) is 15.7. The van der Waals surface area contributed by atoms with Gasteiger partial charge in [-0.05, 0) is 63.2 Å². The van der Waals surface area contributed by atoms with Crippen LogP contribution >= 0.6 is 0 Å². The van der Waals surface area contributed by atoms with Crippen LogP contribution in [0.4, 0.5) is 0 Å². The molecule has 3 aliphatic rings. The van der Waals surface area contributed by atoms with Crippen LogP contribution in [0.25, 0.3) is 0 Å². The highest BCUT2D eigenvalue weighted by Gasteiger charge is 2.47. The normalized spacial score (nSPS) is 26.5. The number of aromatic amines is 1. The van der Waals surface area contributed by atoms with Gasteiger partial charge in [0.05, 0.1) is 17.9 Å². The zero-order valence-electron chi connectivity index (χ0n) is 14.0. The summed E-state index contributed by atoms with van der Waals surface area (Å²) in [6.07, 6.45) is 11.2. The molecule has 1 aromatic rings. The third-order valence-electron chi connectivity index (χ3n) is 6.37. The molecule has 1 atom stereocenters. The molecule has 130 valence electrons. The lowest BCUT2D eigenvalue weighted by molar-refractivity contribution is -0.141. The van der Waals surface area contributed by atoms with Gasteiger partial charge in [0.15, 0.2) is 0 Å². The number of hydrogen-bond donors (Lipinski definition) is 2. The number of nitrogens with one attached hydrogen (secondary N) is 1. The fraction of sp³-hybridized carbons (Fsp3) is 0.722. The number of carboxylic acid groups (broad SMARTS) is 1. The molecule has 2 saturated carbocycles. The highest BCUT2D eigenvalue weighted by molar-refractivity contribution is 5.89. The second-order valence-electron chi connectivity index (χ2n) is 7.82. The van der Waals surface area contributed by atoms with Crippen LogP contribution in [0.1, 0.15) is 79.9 Å². The molecule has 1 amide bonds. The van der Waals surface area contributed by atoms with Gasteiger partial charge < -0.3 is 10.0 Å². The largest absolute Gasteiger partial charge is 0.478 e. The van der Waals surface area contributed by atoms with E-state index < -0.39 is 5.97 Å². The molecule has 1 spiro atoms. The van der Waals surface area contributed by atoms with Gasteiger partial charge >= 0.3 is 5.97 Å². The second-order valence-corrected chi connectivity index (χ2v) is 7.82. The van der Waals surface area contributed by atoms with Crippen LogP contribution < -0.4 is 0 Å². The van der Waals surface area contributed by atoms with Crippen LogP contribution in [0, 0.1) is 11.3 Å². The fourth-order valence-corrected chi connectivity index (χ4v) is 4.60. The Kier molecular flexibility index (Phi) is 3.85. The van der Waals surface area contributed by atoms with Crippen LogP contribution in [-0.2, 0) is 4.79 Å². The molecule has 24 heavy (non-hydrogen) atoms. The third-order valence-corrected chi connectivity index (χ3v) is 6.37. The number of H-pyrrole nitrogens is 1. The Morgan fingerprint density at radius 2 is 1.92 bits per heavy atom. The number of aromatic nitrogens is 2. The molecular formula is C18H25N3O3.